The summed E-state index contributed by atoms with van der Waals surface area (Å²) < 4.78 is 76.5. The van der Waals surface area contributed by atoms with Gasteiger partial charge in [-0.2, -0.15) is 0 Å². The summed E-state index contributed by atoms with van der Waals surface area (Å²) in [5.74, 6) is -1.83. The summed E-state index contributed by atoms with van der Waals surface area (Å²) >= 11 is 0. The minimum Gasteiger partial charge on any atom is -0.462 e. The molecule has 0 aromatic carbocycles. The van der Waals surface area contributed by atoms with Crippen LogP contribution in [0.1, 0.15) is 141 Å². The summed E-state index contributed by atoms with van der Waals surface area (Å²) in [6, 6.07) is 0. The second-order valence-corrected chi connectivity index (χ2v) is 30.1. The van der Waals surface area contributed by atoms with Crippen LogP contribution in [0.2, 0.25) is 0 Å². The van der Waals surface area contributed by atoms with Gasteiger partial charge < -0.3 is 113 Å². The summed E-state index contributed by atoms with van der Waals surface area (Å²) in [6.07, 6.45) is -26.9. The van der Waals surface area contributed by atoms with Crippen LogP contribution in [0.3, 0.4) is 0 Å². The van der Waals surface area contributed by atoms with Crippen LogP contribution in [-0.4, -0.2) is 247 Å². The highest BCUT2D eigenvalue weighted by Gasteiger charge is 2.84. The Hall–Kier alpha value is -2.91. The molecule has 26 heteroatoms. The van der Waals surface area contributed by atoms with E-state index in [9.17, 15) is 70.6 Å². The Morgan fingerprint density at radius 3 is 1.73 bits per heavy atom. The molecule has 0 aromatic rings. The minimum absolute atomic E-state index is 0.00480. The van der Waals surface area contributed by atoms with Crippen molar-refractivity contribution in [3.8, 4) is 0 Å². The van der Waals surface area contributed by atoms with Gasteiger partial charge in [-0.15, -0.1) is 0 Å². The number of allylic oxidation sites excluding steroid dienone is 2. The summed E-state index contributed by atoms with van der Waals surface area (Å²) in [7, 11) is 0. The molecule has 5 aliphatic heterocycles. The van der Waals surface area contributed by atoms with E-state index >= 15 is 0 Å². The van der Waals surface area contributed by atoms with Crippen molar-refractivity contribution in [2.45, 2.75) is 288 Å². The van der Waals surface area contributed by atoms with E-state index in [2.05, 4.69) is 34.6 Å². The molecule has 1 spiro atoms. The zero-order chi connectivity index (χ0) is 66.8. The van der Waals surface area contributed by atoms with Gasteiger partial charge in [0.2, 0.25) is 0 Å². The van der Waals surface area contributed by atoms with Crippen molar-refractivity contribution in [1.29, 1.82) is 0 Å². The van der Waals surface area contributed by atoms with E-state index in [0.29, 0.717) is 43.3 Å². The maximum atomic E-state index is 14.1. The maximum Gasteiger partial charge on any atom is 0.333 e. The van der Waals surface area contributed by atoms with Crippen molar-refractivity contribution < 1.29 is 127 Å². The molecule has 26 nitrogen and oxygen atoms in total. The summed E-state index contributed by atoms with van der Waals surface area (Å²) in [4.78, 5) is 41.6. The topological polar surface area (TPSA) is 385 Å². The van der Waals surface area contributed by atoms with Gasteiger partial charge in [-0.1, -0.05) is 60.6 Å². The number of carbonyl (C=O) groups excluding carboxylic acids is 3. The quantitative estimate of drug-likeness (QED) is 0.0469. The largest absolute Gasteiger partial charge is 0.462 e. The molecule has 91 heavy (non-hydrogen) atoms. The van der Waals surface area contributed by atoms with E-state index in [0.717, 1.165) is 19.3 Å². The highest BCUT2D eigenvalue weighted by atomic mass is 16.8. The summed E-state index contributed by atoms with van der Waals surface area (Å²) in [6.45, 7) is 23.3. The van der Waals surface area contributed by atoms with E-state index in [1.807, 2.05) is 13.8 Å². The van der Waals surface area contributed by atoms with E-state index in [-0.39, 0.29) is 29.8 Å². The number of hydrogen-bond donors (Lipinski definition) is 11. The number of carbonyl (C=O) groups is 3. The fourth-order valence-corrected chi connectivity index (χ4v) is 19.1. The number of aliphatic hydroxyl groups is 11. The van der Waals surface area contributed by atoms with Crippen LogP contribution in [0.4, 0.5) is 0 Å². The molecule has 5 heterocycles. The molecule has 5 saturated carbocycles. The van der Waals surface area contributed by atoms with E-state index < -0.39 is 212 Å². The van der Waals surface area contributed by atoms with Crippen LogP contribution in [0.5, 0.6) is 0 Å². The smallest absolute Gasteiger partial charge is 0.333 e. The third-order valence-corrected chi connectivity index (χ3v) is 24.6. The van der Waals surface area contributed by atoms with Crippen molar-refractivity contribution >= 4 is 17.9 Å². The predicted molar refractivity (Wildman–Crippen MR) is 314 cm³/mol. The average molecular weight is 1300 g/mol. The van der Waals surface area contributed by atoms with Crippen molar-refractivity contribution in [2.24, 2.45) is 50.2 Å². The average Bonchev–Trinajstić information content (AvgIpc) is 1.59. The predicted octanol–water partition coefficient (Wildman–Crippen LogP) is 0.863. The second-order valence-electron chi connectivity index (χ2n) is 30.1. The summed E-state index contributed by atoms with van der Waals surface area (Å²) in [5.41, 5.74) is -3.93. The number of rotatable bonds is 15. The highest BCUT2D eigenvalue weighted by Crippen LogP contribution is 2.81. The second kappa shape index (κ2) is 25.8. The van der Waals surface area contributed by atoms with Gasteiger partial charge in [-0.3, -0.25) is 4.79 Å². The molecule has 518 valence electrons. The van der Waals surface area contributed by atoms with Gasteiger partial charge in [0, 0.05) is 34.8 Å². The standard InChI is InChI=1S/C65H102O26/c1-14-28(3)53(78)90-51-52(91-54(79)29(4)15-2)64-27-82-65(37(64)22-59(51,7)8)21-17-36-61(11)19-18-38(60(9,10)35(61)16-20-62(36,12)63(65,13)23-39(64)84-31(6)67)87-58-50(89-56-47(76)44(73)41(70)33(24-66)85-56)49(32(68)25-80-58)88-57-48(77)45(74)42(71)34(86-57)26-81-55-46(75)43(72)40(69)30(5)83-55/h14-15,30,32-52,55-58,66,68-77H,16-27H2,1-13H3/t30-,32+,33+,34+,35-,36+,37-,38-,39+,40-,41+,42+,43+,44-,45-,46+,47+,48+,49-,50+,51-,52-,55+,56-,57-,58-,61-,62+,63-,64-,65-/m0/s1. The molecule has 0 unspecified atom stereocenters. The number of hydrogen-bond acceptors (Lipinski definition) is 26. The van der Waals surface area contributed by atoms with Gasteiger partial charge in [-0.25, -0.2) is 9.59 Å². The zero-order valence-corrected chi connectivity index (χ0v) is 54.7. The fraction of sp³-hybridized carbons (Fsp3) is 0.892. The van der Waals surface area contributed by atoms with Crippen LogP contribution in [0.25, 0.3) is 0 Å². The maximum absolute atomic E-state index is 14.1. The number of aliphatic hydroxyl groups excluding tert-OH is 11. The zero-order valence-electron chi connectivity index (χ0n) is 54.7. The van der Waals surface area contributed by atoms with Crippen LogP contribution >= 0.6 is 0 Å². The third-order valence-electron chi connectivity index (χ3n) is 24.6. The first-order valence-corrected chi connectivity index (χ1v) is 32.6. The first-order chi connectivity index (χ1) is 42.5. The molecule has 0 amide bonds. The van der Waals surface area contributed by atoms with E-state index in [1.165, 1.54) is 13.8 Å². The molecule has 31 atom stereocenters. The SMILES string of the molecule is CC=C(C)C(=O)O[C@H]1[C@H](OC(=O)C(C)=CC)[C@]23CO[C@@]4(CC[C@@H]5[C@@]6(C)CC[C@H](O[C@@H]7OC[C@@H](O)[C@H](O[C@@H]8O[C@H](CO[C@@H]9O[C@@H](C)[C@H](O)[C@@H](O)[C@H]9O)[C@@H](O)[C@H](O)[C@H]8O)[C@H]7O[C@@H]7O[C@H](CO)[C@@H](O)[C@H](O)[C@H]7O)C(C)(C)[C@@H]6CC[C@@]5(C)[C@]4(C)C[C@H]2OC(C)=O)[C@H]3CC1(C)C. The Balaban J connectivity index is 0.934. The summed E-state index contributed by atoms with van der Waals surface area (Å²) in [5, 5.41) is 120. The van der Waals surface area contributed by atoms with E-state index in [1.54, 1.807) is 39.8 Å². The molecule has 2 bridgehead atoms. The van der Waals surface area contributed by atoms with Crippen molar-refractivity contribution in [2.75, 3.05) is 26.4 Å². The van der Waals surface area contributed by atoms with Crippen LogP contribution in [0.15, 0.2) is 23.3 Å². The lowest BCUT2D eigenvalue weighted by Gasteiger charge is -2.75. The Morgan fingerprint density at radius 1 is 0.560 bits per heavy atom. The van der Waals surface area contributed by atoms with Crippen molar-refractivity contribution in [3.63, 3.8) is 0 Å². The first kappa shape index (κ1) is 70.9. The Morgan fingerprint density at radius 2 is 1.12 bits per heavy atom. The van der Waals surface area contributed by atoms with Gasteiger partial charge in [0.05, 0.1) is 49.7 Å². The Bertz CT molecular complexity index is 2710. The van der Waals surface area contributed by atoms with Crippen LogP contribution in [0, 0.1) is 50.2 Å². The molecule has 10 fully saturated rings. The monoisotopic (exact) mass is 1300 g/mol. The molecule has 5 aliphatic carbocycles. The lowest BCUT2D eigenvalue weighted by Crippen LogP contribution is -2.77. The first-order valence-electron chi connectivity index (χ1n) is 32.6. The van der Waals surface area contributed by atoms with E-state index in [4.69, 9.17) is 56.8 Å². The molecule has 0 radical (unpaired) electrons. The number of fused-ring (bicyclic) bond motifs is 4. The van der Waals surface area contributed by atoms with Gasteiger partial charge in [-0.05, 0) is 114 Å². The van der Waals surface area contributed by atoms with Gasteiger partial charge in [0.15, 0.2) is 31.3 Å². The lowest BCUT2D eigenvalue weighted by molar-refractivity contribution is -0.391. The van der Waals surface area contributed by atoms with Crippen molar-refractivity contribution in [3.05, 3.63) is 23.3 Å². The van der Waals surface area contributed by atoms with Gasteiger partial charge in [0.1, 0.15) is 97.7 Å². The van der Waals surface area contributed by atoms with Crippen LogP contribution < -0.4 is 0 Å². The number of ether oxygens (including phenoxy) is 12. The Labute approximate surface area is 531 Å². The normalized spacial score (nSPS) is 51.1. The molecule has 10 aliphatic rings. The lowest BCUT2D eigenvalue weighted by atomic mass is 9.30. The molecular weight excluding hydrogens is 1200 g/mol. The fourth-order valence-electron chi connectivity index (χ4n) is 19.1. The molecule has 10 rings (SSSR count). The molecule has 5 saturated heterocycles. The molecule has 0 aromatic heterocycles. The minimum atomic E-state index is -1.99. The van der Waals surface area contributed by atoms with Gasteiger partial charge in [0.25, 0.3) is 0 Å². The van der Waals surface area contributed by atoms with Gasteiger partial charge >= 0.3 is 17.9 Å². The Kier molecular flexibility index (Phi) is 20.1. The molecule has 11 N–H and O–H groups in total. The highest BCUT2D eigenvalue weighted by molar-refractivity contribution is 5.89. The number of esters is 3. The van der Waals surface area contributed by atoms with Crippen LogP contribution in [-0.2, 0) is 71.2 Å². The van der Waals surface area contributed by atoms with Crippen molar-refractivity contribution in [1.82, 2.24) is 0 Å². The third kappa shape index (κ3) is 11.5. The molecular formula is C65H102O26.